The van der Waals surface area contributed by atoms with E-state index in [0.29, 0.717) is 10.8 Å². The van der Waals surface area contributed by atoms with Crippen LogP contribution >= 0.6 is 12.4 Å². The molecule has 136 valence electrons. The second-order valence-electron chi connectivity index (χ2n) is 6.18. The summed E-state index contributed by atoms with van der Waals surface area (Å²) in [6.45, 7) is 2.86. The molecule has 3 rings (SSSR count). The molecule has 2 aromatic rings. The number of nitrogens with zero attached hydrogens (tertiary/aromatic N) is 1. The van der Waals surface area contributed by atoms with Gasteiger partial charge in [0.15, 0.2) is 9.84 Å². The Morgan fingerprint density at radius 1 is 1.12 bits per heavy atom. The number of rotatable bonds is 5. The van der Waals surface area contributed by atoms with Gasteiger partial charge in [0.2, 0.25) is 0 Å². The van der Waals surface area contributed by atoms with E-state index in [1.54, 1.807) is 30.5 Å². The molecule has 1 fully saturated rings. The highest BCUT2D eigenvalue weighted by molar-refractivity contribution is 7.90. The first kappa shape index (κ1) is 19.7. The average molecular weight is 383 g/mol. The quantitative estimate of drug-likeness (QED) is 0.861. The number of sulfone groups is 1. The number of piperidine rings is 1. The Hall–Kier alpha value is -1.63. The number of nitrogens with one attached hydrogen (secondary N) is 1. The maximum absolute atomic E-state index is 11.5. The third kappa shape index (κ3) is 5.42. The summed E-state index contributed by atoms with van der Waals surface area (Å²) in [6.07, 6.45) is 5.23. The SMILES string of the molecule is CS(=O)(=O)c1ccc(-c2ccc(OCC3CCNCC3)cn2)cc1.Cl. The average Bonchev–Trinajstić information content (AvgIpc) is 2.61. The maximum atomic E-state index is 11.5. The largest absolute Gasteiger partial charge is 0.492 e. The van der Waals surface area contributed by atoms with Crippen LogP contribution in [0.25, 0.3) is 11.3 Å². The molecule has 1 saturated heterocycles. The highest BCUT2D eigenvalue weighted by Gasteiger charge is 2.13. The van der Waals surface area contributed by atoms with E-state index in [-0.39, 0.29) is 12.4 Å². The van der Waals surface area contributed by atoms with E-state index in [4.69, 9.17) is 4.74 Å². The molecule has 0 radical (unpaired) electrons. The zero-order valence-corrected chi connectivity index (χ0v) is 15.8. The van der Waals surface area contributed by atoms with Gasteiger partial charge in [-0.15, -0.1) is 12.4 Å². The van der Waals surface area contributed by atoms with Gasteiger partial charge in [-0.1, -0.05) is 12.1 Å². The summed E-state index contributed by atoms with van der Waals surface area (Å²) >= 11 is 0. The third-order valence-corrected chi connectivity index (χ3v) is 5.39. The van der Waals surface area contributed by atoms with Crippen LogP contribution < -0.4 is 10.1 Å². The number of hydrogen-bond donors (Lipinski definition) is 1. The summed E-state index contributed by atoms with van der Waals surface area (Å²) in [5, 5.41) is 3.35. The van der Waals surface area contributed by atoms with E-state index in [9.17, 15) is 8.42 Å². The molecule has 0 atom stereocenters. The molecule has 1 aromatic carbocycles. The van der Waals surface area contributed by atoms with Crippen LogP contribution in [0.5, 0.6) is 5.75 Å². The number of benzene rings is 1. The van der Waals surface area contributed by atoms with Crippen molar-refractivity contribution < 1.29 is 13.2 Å². The molecule has 0 unspecified atom stereocenters. The molecule has 2 heterocycles. The zero-order chi connectivity index (χ0) is 17.0. The molecule has 0 saturated carbocycles. The maximum Gasteiger partial charge on any atom is 0.175 e. The summed E-state index contributed by atoms with van der Waals surface area (Å²) < 4.78 is 28.8. The lowest BCUT2D eigenvalue weighted by Crippen LogP contribution is -2.30. The van der Waals surface area contributed by atoms with Crippen LogP contribution in [0, 0.1) is 5.92 Å². The zero-order valence-electron chi connectivity index (χ0n) is 14.1. The molecule has 0 bridgehead atoms. The van der Waals surface area contributed by atoms with Crippen molar-refractivity contribution in [1.29, 1.82) is 0 Å². The van der Waals surface area contributed by atoms with Gasteiger partial charge in [-0.2, -0.15) is 0 Å². The monoisotopic (exact) mass is 382 g/mol. The topological polar surface area (TPSA) is 68.3 Å². The van der Waals surface area contributed by atoms with Crippen molar-refractivity contribution in [3.8, 4) is 17.0 Å². The molecule has 25 heavy (non-hydrogen) atoms. The second-order valence-corrected chi connectivity index (χ2v) is 8.20. The lowest BCUT2D eigenvalue weighted by atomic mass is 9.99. The van der Waals surface area contributed by atoms with Crippen molar-refractivity contribution in [3.63, 3.8) is 0 Å². The van der Waals surface area contributed by atoms with Crippen molar-refractivity contribution in [2.45, 2.75) is 17.7 Å². The minimum absolute atomic E-state index is 0. The van der Waals surface area contributed by atoms with E-state index in [2.05, 4.69) is 10.3 Å². The smallest absolute Gasteiger partial charge is 0.175 e. The van der Waals surface area contributed by atoms with Gasteiger partial charge >= 0.3 is 0 Å². The highest BCUT2D eigenvalue weighted by Crippen LogP contribution is 2.22. The van der Waals surface area contributed by atoms with Crippen molar-refractivity contribution >= 4 is 22.2 Å². The Balaban J connectivity index is 0.00000225. The predicted molar refractivity (Wildman–Crippen MR) is 101 cm³/mol. The van der Waals surface area contributed by atoms with Crippen LogP contribution in [-0.2, 0) is 9.84 Å². The van der Waals surface area contributed by atoms with E-state index < -0.39 is 9.84 Å². The Bertz CT molecular complexity index is 771. The Morgan fingerprint density at radius 2 is 1.80 bits per heavy atom. The fourth-order valence-electron chi connectivity index (χ4n) is 2.77. The Labute approximate surface area is 155 Å². The van der Waals surface area contributed by atoms with Crippen LogP contribution in [0.15, 0.2) is 47.5 Å². The lowest BCUT2D eigenvalue weighted by molar-refractivity contribution is 0.214. The molecule has 1 N–H and O–H groups in total. The van der Waals surface area contributed by atoms with Crippen molar-refractivity contribution in [3.05, 3.63) is 42.6 Å². The van der Waals surface area contributed by atoms with Crippen LogP contribution in [-0.4, -0.2) is 39.4 Å². The summed E-state index contributed by atoms with van der Waals surface area (Å²) in [7, 11) is -3.17. The van der Waals surface area contributed by atoms with Crippen LogP contribution in [0.3, 0.4) is 0 Å². The van der Waals surface area contributed by atoms with Crippen molar-refractivity contribution in [1.82, 2.24) is 10.3 Å². The van der Waals surface area contributed by atoms with Crippen LogP contribution in [0.1, 0.15) is 12.8 Å². The summed E-state index contributed by atoms with van der Waals surface area (Å²) in [5.41, 5.74) is 1.68. The van der Waals surface area contributed by atoms with Gasteiger partial charge in [0.25, 0.3) is 0 Å². The molecular formula is C18H23ClN2O3S. The van der Waals surface area contributed by atoms with Crippen LogP contribution in [0.4, 0.5) is 0 Å². The van der Waals surface area contributed by atoms with Gasteiger partial charge in [-0.05, 0) is 56.1 Å². The van der Waals surface area contributed by atoms with Crippen LogP contribution in [0.2, 0.25) is 0 Å². The highest BCUT2D eigenvalue weighted by atomic mass is 35.5. The number of halogens is 1. The lowest BCUT2D eigenvalue weighted by Gasteiger charge is -2.22. The van der Waals surface area contributed by atoms with Gasteiger partial charge < -0.3 is 10.1 Å². The molecule has 1 aromatic heterocycles. The number of ether oxygens (including phenoxy) is 1. The molecule has 1 aliphatic heterocycles. The summed E-state index contributed by atoms with van der Waals surface area (Å²) in [4.78, 5) is 4.73. The van der Waals surface area contributed by atoms with E-state index in [0.717, 1.165) is 49.5 Å². The van der Waals surface area contributed by atoms with E-state index in [1.807, 2.05) is 12.1 Å². The molecule has 1 aliphatic rings. The molecular weight excluding hydrogens is 360 g/mol. The third-order valence-electron chi connectivity index (χ3n) is 4.26. The Morgan fingerprint density at radius 3 is 2.36 bits per heavy atom. The predicted octanol–water partition coefficient (Wildman–Crippen LogP) is 2.95. The summed E-state index contributed by atoms with van der Waals surface area (Å²) in [6, 6.07) is 10.6. The summed E-state index contributed by atoms with van der Waals surface area (Å²) in [5.74, 6) is 1.37. The van der Waals surface area contributed by atoms with Gasteiger partial charge in [-0.25, -0.2) is 8.42 Å². The number of pyridine rings is 1. The molecule has 0 spiro atoms. The van der Waals surface area contributed by atoms with Crippen molar-refractivity contribution in [2.75, 3.05) is 26.0 Å². The van der Waals surface area contributed by atoms with Crippen molar-refractivity contribution in [2.24, 2.45) is 5.92 Å². The second kappa shape index (κ2) is 8.65. The molecule has 0 amide bonds. The van der Waals surface area contributed by atoms with Gasteiger partial charge in [0, 0.05) is 11.8 Å². The minimum Gasteiger partial charge on any atom is -0.492 e. The minimum atomic E-state index is -3.17. The Kier molecular flexibility index (Phi) is 6.81. The fraction of sp³-hybridized carbons (Fsp3) is 0.389. The first-order valence-corrected chi connectivity index (χ1v) is 10.0. The first-order chi connectivity index (χ1) is 11.5. The first-order valence-electron chi connectivity index (χ1n) is 8.12. The molecule has 5 nitrogen and oxygen atoms in total. The van der Waals surface area contributed by atoms with Gasteiger partial charge in [0.1, 0.15) is 5.75 Å². The standard InChI is InChI=1S/C18H22N2O3S.ClH/c1-24(21,22)17-5-2-15(3-6-17)18-7-4-16(12-20-18)23-13-14-8-10-19-11-9-14;/h2-7,12,14,19H,8-11,13H2,1H3;1H. The van der Waals surface area contributed by atoms with E-state index in [1.165, 1.54) is 6.26 Å². The fourth-order valence-corrected chi connectivity index (χ4v) is 3.40. The van der Waals surface area contributed by atoms with Gasteiger partial charge in [0.05, 0.1) is 23.4 Å². The molecule has 0 aliphatic carbocycles. The van der Waals surface area contributed by atoms with E-state index >= 15 is 0 Å². The van der Waals surface area contributed by atoms with Gasteiger partial charge in [-0.3, -0.25) is 4.98 Å². The number of aromatic nitrogens is 1. The number of hydrogen-bond acceptors (Lipinski definition) is 5. The molecule has 7 heteroatoms. The normalized spacial score (nSPS) is 15.4.